The Morgan fingerprint density at radius 2 is 1.67 bits per heavy atom. The summed E-state index contributed by atoms with van der Waals surface area (Å²) in [5, 5.41) is 3.61. The standard InChI is InChI=1S/C18H24FNO/c1-12-6-11-16(21-12)13(2)20-17(18(3,4)5)14-7-9-15(19)10-8-14/h6-11,13,17,20H,1-5H3. The van der Waals surface area contributed by atoms with E-state index in [1.807, 2.05) is 31.2 Å². The molecule has 0 aliphatic heterocycles. The van der Waals surface area contributed by atoms with Gasteiger partial charge in [0.1, 0.15) is 17.3 Å². The van der Waals surface area contributed by atoms with Gasteiger partial charge in [-0.05, 0) is 49.1 Å². The molecule has 0 amide bonds. The largest absolute Gasteiger partial charge is 0.465 e. The van der Waals surface area contributed by atoms with Crippen LogP contribution in [0, 0.1) is 18.2 Å². The molecule has 0 radical (unpaired) electrons. The minimum atomic E-state index is -0.207. The first kappa shape index (κ1) is 15.8. The highest BCUT2D eigenvalue weighted by atomic mass is 19.1. The molecule has 114 valence electrons. The Morgan fingerprint density at radius 1 is 1.05 bits per heavy atom. The first-order chi connectivity index (χ1) is 9.77. The molecule has 1 N–H and O–H groups in total. The van der Waals surface area contributed by atoms with Crippen molar-refractivity contribution in [2.75, 3.05) is 0 Å². The summed E-state index contributed by atoms with van der Waals surface area (Å²) in [6.07, 6.45) is 0. The van der Waals surface area contributed by atoms with Gasteiger partial charge >= 0.3 is 0 Å². The second-order valence-corrected chi connectivity index (χ2v) is 6.69. The maximum absolute atomic E-state index is 13.1. The van der Waals surface area contributed by atoms with Crippen LogP contribution in [0.15, 0.2) is 40.8 Å². The first-order valence-electron chi connectivity index (χ1n) is 7.35. The zero-order chi connectivity index (χ0) is 15.6. The minimum Gasteiger partial charge on any atom is -0.465 e. The maximum atomic E-state index is 13.1. The highest BCUT2D eigenvalue weighted by molar-refractivity contribution is 5.22. The van der Waals surface area contributed by atoms with Gasteiger partial charge in [-0.15, -0.1) is 0 Å². The number of hydrogen-bond donors (Lipinski definition) is 1. The van der Waals surface area contributed by atoms with Crippen LogP contribution in [-0.2, 0) is 0 Å². The number of rotatable bonds is 4. The molecule has 0 aliphatic carbocycles. The molecule has 0 fully saturated rings. The molecule has 1 aromatic carbocycles. The molecule has 0 saturated carbocycles. The molecule has 0 bridgehead atoms. The Hall–Kier alpha value is -1.61. The number of benzene rings is 1. The molecule has 3 heteroatoms. The molecule has 2 atom stereocenters. The second kappa shape index (κ2) is 6.02. The smallest absolute Gasteiger partial charge is 0.123 e. The summed E-state index contributed by atoms with van der Waals surface area (Å²) in [6, 6.07) is 10.9. The molecule has 0 aliphatic rings. The van der Waals surface area contributed by atoms with Crippen molar-refractivity contribution in [3.05, 3.63) is 59.3 Å². The van der Waals surface area contributed by atoms with E-state index in [4.69, 9.17) is 4.42 Å². The Morgan fingerprint density at radius 3 is 2.14 bits per heavy atom. The van der Waals surface area contributed by atoms with Crippen LogP contribution < -0.4 is 5.32 Å². The van der Waals surface area contributed by atoms with Crippen LogP contribution in [0.2, 0.25) is 0 Å². The third kappa shape index (κ3) is 3.94. The van der Waals surface area contributed by atoms with Crippen molar-refractivity contribution < 1.29 is 8.81 Å². The molecular weight excluding hydrogens is 265 g/mol. The molecule has 2 nitrogen and oxygen atoms in total. The van der Waals surface area contributed by atoms with Crippen molar-refractivity contribution in [1.29, 1.82) is 0 Å². The van der Waals surface area contributed by atoms with Crippen LogP contribution in [0.25, 0.3) is 0 Å². The fraction of sp³-hybridized carbons (Fsp3) is 0.444. The highest BCUT2D eigenvalue weighted by Crippen LogP contribution is 2.35. The van der Waals surface area contributed by atoms with Gasteiger partial charge in [0.2, 0.25) is 0 Å². The van der Waals surface area contributed by atoms with E-state index in [9.17, 15) is 4.39 Å². The van der Waals surface area contributed by atoms with Crippen LogP contribution in [0.3, 0.4) is 0 Å². The van der Waals surface area contributed by atoms with Gasteiger partial charge < -0.3 is 9.73 Å². The molecule has 0 saturated heterocycles. The Labute approximate surface area is 126 Å². The number of halogens is 1. The molecule has 2 rings (SSSR count). The summed E-state index contributed by atoms with van der Waals surface area (Å²) in [5.74, 6) is 1.62. The van der Waals surface area contributed by atoms with Crippen LogP contribution in [0.1, 0.15) is 56.9 Å². The van der Waals surface area contributed by atoms with Crippen molar-refractivity contribution in [2.45, 2.75) is 46.7 Å². The van der Waals surface area contributed by atoms with Crippen LogP contribution in [0.4, 0.5) is 4.39 Å². The zero-order valence-electron chi connectivity index (χ0n) is 13.4. The average Bonchev–Trinajstić information content (AvgIpc) is 2.82. The summed E-state index contributed by atoms with van der Waals surface area (Å²) in [5.41, 5.74) is 1.09. The SMILES string of the molecule is Cc1ccc(C(C)NC(c2ccc(F)cc2)C(C)(C)C)o1. The van der Waals surface area contributed by atoms with Crippen LogP contribution in [0.5, 0.6) is 0 Å². The summed E-state index contributed by atoms with van der Waals surface area (Å²) in [6.45, 7) is 10.5. The third-order valence-corrected chi connectivity index (χ3v) is 3.67. The van der Waals surface area contributed by atoms with Gasteiger partial charge in [0.25, 0.3) is 0 Å². The third-order valence-electron chi connectivity index (χ3n) is 3.67. The number of nitrogens with one attached hydrogen (secondary N) is 1. The van der Waals surface area contributed by atoms with Crippen molar-refractivity contribution in [3.63, 3.8) is 0 Å². The quantitative estimate of drug-likeness (QED) is 0.840. The maximum Gasteiger partial charge on any atom is 0.123 e. The van der Waals surface area contributed by atoms with E-state index >= 15 is 0 Å². The predicted octanol–water partition coefficient (Wildman–Crippen LogP) is 5.17. The van der Waals surface area contributed by atoms with Gasteiger partial charge in [0.05, 0.1) is 6.04 Å². The summed E-state index contributed by atoms with van der Waals surface area (Å²) in [7, 11) is 0. The topological polar surface area (TPSA) is 25.2 Å². The van der Waals surface area contributed by atoms with E-state index in [1.54, 1.807) is 0 Å². The lowest BCUT2D eigenvalue weighted by Gasteiger charge is -2.34. The summed E-state index contributed by atoms with van der Waals surface area (Å²) < 4.78 is 18.8. The molecule has 1 aromatic heterocycles. The van der Waals surface area contributed by atoms with E-state index in [2.05, 4.69) is 33.0 Å². The summed E-state index contributed by atoms with van der Waals surface area (Å²) >= 11 is 0. The number of hydrogen-bond acceptors (Lipinski definition) is 2. The minimum absolute atomic E-state index is 0.00767. The molecule has 2 aromatic rings. The lowest BCUT2D eigenvalue weighted by Crippen LogP contribution is -2.34. The number of furan rings is 1. The predicted molar refractivity (Wildman–Crippen MR) is 83.6 cm³/mol. The average molecular weight is 289 g/mol. The molecular formula is C18H24FNO. The van der Waals surface area contributed by atoms with Gasteiger partial charge in [0.15, 0.2) is 0 Å². The van der Waals surface area contributed by atoms with Crippen molar-refractivity contribution >= 4 is 0 Å². The van der Waals surface area contributed by atoms with Crippen molar-refractivity contribution in [3.8, 4) is 0 Å². The van der Waals surface area contributed by atoms with Gasteiger partial charge in [-0.25, -0.2) is 4.39 Å². The van der Waals surface area contributed by atoms with E-state index in [0.29, 0.717) is 0 Å². The Kier molecular flexibility index (Phi) is 4.52. The lowest BCUT2D eigenvalue weighted by molar-refractivity contribution is 0.243. The molecule has 0 spiro atoms. The Balaban J connectivity index is 2.23. The van der Waals surface area contributed by atoms with Crippen LogP contribution >= 0.6 is 0 Å². The van der Waals surface area contributed by atoms with Crippen molar-refractivity contribution in [1.82, 2.24) is 5.32 Å². The fourth-order valence-electron chi connectivity index (χ4n) is 2.52. The normalized spacial score (nSPS) is 15.0. The van der Waals surface area contributed by atoms with Gasteiger partial charge in [-0.1, -0.05) is 32.9 Å². The van der Waals surface area contributed by atoms with Crippen LogP contribution in [-0.4, -0.2) is 0 Å². The number of aryl methyl sites for hydroxylation is 1. The molecule has 2 unspecified atom stereocenters. The van der Waals surface area contributed by atoms with Gasteiger partial charge in [-0.3, -0.25) is 0 Å². The monoisotopic (exact) mass is 289 g/mol. The molecule has 21 heavy (non-hydrogen) atoms. The van der Waals surface area contributed by atoms with E-state index in [0.717, 1.165) is 17.1 Å². The Bertz CT molecular complexity index is 580. The molecule has 1 heterocycles. The second-order valence-electron chi connectivity index (χ2n) is 6.69. The van der Waals surface area contributed by atoms with Gasteiger partial charge in [0, 0.05) is 6.04 Å². The van der Waals surface area contributed by atoms with E-state index in [1.165, 1.54) is 12.1 Å². The van der Waals surface area contributed by atoms with E-state index < -0.39 is 0 Å². The lowest BCUT2D eigenvalue weighted by atomic mass is 9.82. The zero-order valence-corrected chi connectivity index (χ0v) is 13.4. The fourth-order valence-corrected chi connectivity index (χ4v) is 2.52. The van der Waals surface area contributed by atoms with Gasteiger partial charge in [-0.2, -0.15) is 0 Å². The first-order valence-corrected chi connectivity index (χ1v) is 7.35. The van der Waals surface area contributed by atoms with Crippen molar-refractivity contribution in [2.24, 2.45) is 5.41 Å². The highest BCUT2D eigenvalue weighted by Gasteiger charge is 2.28. The summed E-state index contributed by atoms with van der Waals surface area (Å²) in [4.78, 5) is 0. The van der Waals surface area contributed by atoms with E-state index in [-0.39, 0.29) is 23.3 Å².